The molecule has 100 valence electrons. The molecule has 0 saturated heterocycles. The topological polar surface area (TPSA) is 50.1 Å². The van der Waals surface area contributed by atoms with Crippen molar-refractivity contribution >= 4 is 0 Å². The highest BCUT2D eigenvalue weighted by molar-refractivity contribution is 5.40. The maximum absolute atomic E-state index is 9.48. The monoisotopic (exact) mass is 257 g/mol. The van der Waals surface area contributed by atoms with Crippen LogP contribution in [0.15, 0.2) is 30.5 Å². The van der Waals surface area contributed by atoms with Gasteiger partial charge in [0.2, 0.25) is 0 Å². The number of phenols is 1. The van der Waals surface area contributed by atoms with Crippen LogP contribution >= 0.6 is 0 Å². The van der Waals surface area contributed by atoms with Gasteiger partial charge in [0.15, 0.2) is 0 Å². The van der Waals surface area contributed by atoms with Crippen LogP contribution < -0.4 is 5.32 Å². The van der Waals surface area contributed by atoms with Crippen LogP contribution in [0.1, 0.15) is 29.3 Å². The lowest BCUT2D eigenvalue weighted by molar-refractivity contribution is 0.474. The molecule has 1 unspecified atom stereocenters. The van der Waals surface area contributed by atoms with Gasteiger partial charge in [-0.2, -0.15) is 5.10 Å². The number of rotatable bonds is 4. The number of phenolic OH excluding ortho intramolecular Hbond substituents is 1. The molecule has 0 amide bonds. The Balaban J connectivity index is 1.60. The normalized spacial score (nSPS) is 17.6. The molecule has 2 aromatic rings. The van der Waals surface area contributed by atoms with Crippen LogP contribution in [-0.4, -0.2) is 21.4 Å². The highest BCUT2D eigenvalue weighted by Crippen LogP contribution is 2.33. The summed E-state index contributed by atoms with van der Waals surface area (Å²) in [5.74, 6) is 0.370. The molecule has 1 atom stereocenters. The summed E-state index contributed by atoms with van der Waals surface area (Å²) >= 11 is 0. The van der Waals surface area contributed by atoms with Crippen molar-refractivity contribution in [2.45, 2.75) is 25.3 Å². The van der Waals surface area contributed by atoms with Crippen molar-refractivity contribution in [3.63, 3.8) is 0 Å². The zero-order valence-electron chi connectivity index (χ0n) is 11.1. The van der Waals surface area contributed by atoms with E-state index in [-0.39, 0.29) is 0 Å². The molecule has 0 bridgehead atoms. The van der Waals surface area contributed by atoms with E-state index in [0.717, 1.165) is 25.8 Å². The highest BCUT2D eigenvalue weighted by Gasteiger charge is 2.21. The summed E-state index contributed by atoms with van der Waals surface area (Å²) in [6, 6.07) is 8.18. The lowest BCUT2D eigenvalue weighted by Crippen LogP contribution is -2.22. The van der Waals surface area contributed by atoms with Crippen LogP contribution in [0.4, 0.5) is 0 Å². The number of fused-ring (bicyclic) bond motifs is 1. The van der Waals surface area contributed by atoms with Gasteiger partial charge in [-0.25, -0.2) is 0 Å². The van der Waals surface area contributed by atoms with Crippen molar-refractivity contribution in [2.75, 3.05) is 6.54 Å². The van der Waals surface area contributed by atoms with Gasteiger partial charge in [0.05, 0.1) is 0 Å². The predicted molar refractivity (Wildman–Crippen MR) is 74.1 cm³/mol. The average Bonchev–Trinajstić information content (AvgIpc) is 2.97. The van der Waals surface area contributed by atoms with Crippen LogP contribution in [0, 0.1) is 0 Å². The third-order valence-corrected chi connectivity index (χ3v) is 3.90. The second-order valence-electron chi connectivity index (χ2n) is 5.12. The number of aromatic nitrogens is 2. The van der Waals surface area contributed by atoms with E-state index in [1.165, 1.54) is 16.8 Å². The first-order chi connectivity index (χ1) is 9.24. The predicted octanol–water partition coefficient (Wildman–Crippen LogP) is 1.95. The first-order valence-corrected chi connectivity index (χ1v) is 6.76. The molecular weight excluding hydrogens is 238 g/mol. The zero-order valence-corrected chi connectivity index (χ0v) is 11.1. The maximum atomic E-state index is 9.48. The third kappa shape index (κ3) is 2.49. The number of aryl methyl sites for hydroxylation is 2. The zero-order chi connectivity index (χ0) is 13.2. The largest absolute Gasteiger partial charge is 0.508 e. The minimum Gasteiger partial charge on any atom is -0.508 e. The van der Waals surface area contributed by atoms with Crippen molar-refractivity contribution < 1.29 is 5.11 Å². The highest BCUT2D eigenvalue weighted by atomic mass is 16.3. The summed E-state index contributed by atoms with van der Waals surface area (Å²) in [5.41, 5.74) is 3.86. The molecule has 0 saturated carbocycles. The van der Waals surface area contributed by atoms with Crippen molar-refractivity contribution in [3.8, 4) is 5.75 Å². The smallest absolute Gasteiger partial charge is 0.115 e. The summed E-state index contributed by atoms with van der Waals surface area (Å²) in [7, 11) is 1.98. The van der Waals surface area contributed by atoms with E-state index in [0.29, 0.717) is 11.8 Å². The molecule has 1 aromatic heterocycles. The molecule has 4 nitrogen and oxygen atoms in total. The van der Waals surface area contributed by atoms with Crippen LogP contribution in [0.2, 0.25) is 0 Å². The van der Waals surface area contributed by atoms with Gasteiger partial charge in [0, 0.05) is 37.9 Å². The fourth-order valence-corrected chi connectivity index (χ4v) is 2.84. The van der Waals surface area contributed by atoms with E-state index in [4.69, 9.17) is 0 Å². The number of nitrogens with zero attached hydrogens (tertiary/aromatic N) is 2. The second kappa shape index (κ2) is 5.05. The minimum absolute atomic E-state index is 0.370. The number of aromatic hydroxyl groups is 1. The average molecular weight is 257 g/mol. The van der Waals surface area contributed by atoms with Gasteiger partial charge in [-0.3, -0.25) is 4.68 Å². The molecule has 0 fully saturated rings. The first kappa shape index (κ1) is 12.2. The summed E-state index contributed by atoms with van der Waals surface area (Å²) in [6.07, 6.45) is 4.99. The molecule has 0 radical (unpaired) electrons. The van der Waals surface area contributed by atoms with Gasteiger partial charge in [0.25, 0.3) is 0 Å². The molecule has 1 aliphatic rings. The summed E-state index contributed by atoms with van der Waals surface area (Å²) in [5, 5.41) is 17.3. The molecule has 0 spiro atoms. The Bertz CT molecular complexity index is 577. The van der Waals surface area contributed by atoms with E-state index in [9.17, 15) is 5.11 Å². The Hall–Kier alpha value is -1.81. The minimum atomic E-state index is 0.370. The van der Waals surface area contributed by atoms with E-state index < -0.39 is 0 Å². The van der Waals surface area contributed by atoms with Crippen molar-refractivity contribution in [1.29, 1.82) is 0 Å². The first-order valence-electron chi connectivity index (χ1n) is 6.76. The lowest BCUT2D eigenvalue weighted by Gasteiger charge is -2.14. The van der Waals surface area contributed by atoms with Crippen LogP contribution in [0.25, 0.3) is 0 Å². The van der Waals surface area contributed by atoms with Gasteiger partial charge >= 0.3 is 0 Å². The molecule has 1 aromatic carbocycles. The lowest BCUT2D eigenvalue weighted by atomic mass is 10.1. The number of nitrogens with one attached hydrogen (secondary N) is 1. The molecule has 2 N–H and O–H groups in total. The SMILES string of the molecule is Cn1nccc1CCNC1CCc2cc(O)ccc21. The van der Waals surface area contributed by atoms with Crippen LogP contribution in [0.5, 0.6) is 5.75 Å². The standard InChI is InChI=1S/C15H19N3O/c1-18-12(7-9-17-18)6-8-16-15-5-2-11-10-13(19)3-4-14(11)15/h3-4,7,9-10,15-16,19H,2,5-6,8H2,1H3. The quantitative estimate of drug-likeness (QED) is 0.880. The third-order valence-electron chi connectivity index (χ3n) is 3.90. The van der Waals surface area contributed by atoms with Gasteiger partial charge in [-0.1, -0.05) is 6.07 Å². The second-order valence-corrected chi connectivity index (χ2v) is 5.12. The molecule has 1 heterocycles. The fourth-order valence-electron chi connectivity index (χ4n) is 2.84. The Labute approximate surface area is 113 Å². The fraction of sp³-hybridized carbons (Fsp3) is 0.400. The number of hydrogen-bond donors (Lipinski definition) is 2. The molecule has 1 aliphatic carbocycles. The van der Waals surface area contributed by atoms with Gasteiger partial charge < -0.3 is 10.4 Å². The van der Waals surface area contributed by atoms with E-state index in [2.05, 4.69) is 16.5 Å². The molecule has 0 aliphatic heterocycles. The summed E-state index contributed by atoms with van der Waals surface area (Å²) in [4.78, 5) is 0. The van der Waals surface area contributed by atoms with Crippen molar-refractivity contribution in [2.24, 2.45) is 7.05 Å². The molecule has 19 heavy (non-hydrogen) atoms. The summed E-state index contributed by atoms with van der Waals surface area (Å²) < 4.78 is 1.92. The van der Waals surface area contributed by atoms with Gasteiger partial charge in [0.1, 0.15) is 5.75 Å². The van der Waals surface area contributed by atoms with Gasteiger partial charge in [-0.05, 0) is 42.2 Å². The van der Waals surface area contributed by atoms with Crippen LogP contribution in [0.3, 0.4) is 0 Å². The molecular formula is C15H19N3O. The summed E-state index contributed by atoms with van der Waals surface area (Å²) in [6.45, 7) is 0.949. The van der Waals surface area contributed by atoms with Crippen molar-refractivity contribution in [3.05, 3.63) is 47.3 Å². The number of hydrogen-bond acceptors (Lipinski definition) is 3. The van der Waals surface area contributed by atoms with E-state index >= 15 is 0 Å². The number of benzene rings is 1. The Morgan fingerprint density at radius 1 is 1.42 bits per heavy atom. The Morgan fingerprint density at radius 2 is 2.32 bits per heavy atom. The molecule has 4 heteroatoms. The maximum Gasteiger partial charge on any atom is 0.115 e. The Morgan fingerprint density at radius 3 is 3.11 bits per heavy atom. The molecule has 3 rings (SSSR count). The van der Waals surface area contributed by atoms with Crippen LogP contribution in [-0.2, 0) is 19.9 Å². The van der Waals surface area contributed by atoms with E-state index in [1.54, 1.807) is 6.07 Å². The van der Waals surface area contributed by atoms with Gasteiger partial charge in [-0.15, -0.1) is 0 Å². The Kier molecular flexibility index (Phi) is 3.25. The van der Waals surface area contributed by atoms with E-state index in [1.807, 2.05) is 30.1 Å². The van der Waals surface area contributed by atoms with Crippen molar-refractivity contribution in [1.82, 2.24) is 15.1 Å².